The Kier molecular flexibility index (Phi) is 3.18. The normalized spacial score (nSPS) is 14.2. The Labute approximate surface area is 110 Å². The van der Waals surface area contributed by atoms with Gasteiger partial charge in [-0.15, -0.1) is 0 Å². The van der Waals surface area contributed by atoms with E-state index in [0.29, 0.717) is 29.7 Å². The van der Waals surface area contributed by atoms with Crippen LogP contribution in [0.3, 0.4) is 0 Å². The Morgan fingerprint density at radius 2 is 2.00 bits per heavy atom. The standard InChI is InChI=1S/C13H17N3O3/c1-6(2)16-10(11(14)17)8-4-5-15-12(18)9(8)7(3)13(16)19/h6H,4-5H2,1-3H3,(H2,14,17)(H,15,18). The van der Waals surface area contributed by atoms with E-state index in [0.717, 1.165) is 0 Å². The number of carbonyl (C=O) groups excluding carboxylic acids is 2. The highest BCUT2D eigenvalue weighted by Gasteiger charge is 2.29. The highest BCUT2D eigenvalue weighted by atomic mass is 16.2. The minimum Gasteiger partial charge on any atom is -0.364 e. The van der Waals surface area contributed by atoms with Crippen LogP contribution in [0.5, 0.6) is 0 Å². The summed E-state index contributed by atoms with van der Waals surface area (Å²) in [6.45, 7) is 5.67. The van der Waals surface area contributed by atoms with Crippen LogP contribution in [0.15, 0.2) is 4.79 Å². The van der Waals surface area contributed by atoms with Gasteiger partial charge in [-0.05, 0) is 32.8 Å². The molecule has 19 heavy (non-hydrogen) atoms. The van der Waals surface area contributed by atoms with Gasteiger partial charge in [0.05, 0.1) is 5.56 Å². The first kappa shape index (κ1) is 13.3. The van der Waals surface area contributed by atoms with Crippen LogP contribution in [-0.2, 0) is 6.42 Å². The van der Waals surface area contributed by atoms with Gasteiger partial charge in [-0.2, -0.15) is 0 Å². The van der Waals surface area contributed by atoms with Crippen molar-refractivity contribution in [2.45, 2.75) is 33.2 Å². The van der Waals surface area contributed by atoms with Crippen LogP contribution in [0.2, 0.25) is 0 Å². The molecule has 2 heterocycles. The molecule has 1 aromatic heterocycles. The predicted octanol–water partition coefficient (Wildman–Crippen LogP) is 0.122. The van der Waals surface area contributed by atoms with Crippen molar-refractivity contribution in [1.82, 2.24) is 9.88 Å². The van der Waals surface area contributed by atoms with E-state index in [1.165, 1.54) is 4.57 Å². The third-order valence-electron chi connectivity index (χ3n) is 3.38. The number of primary amides is 1. The Morgan fingerprint density at radius 1 is 1.37 bits per heavy atom. The van der Waals surface area contributed by atoms with Crippen molar-refractivity contribution in [2.75, 3.05) is 6.54 Å². The molecule has 0 atom stereocenters. The number of carbonyl (C=O) groups is 2. The summed E-state index contributed by atoms with van der Waals surface area (Å²) in [5.74, 6) is -0.981. The van der Waals surface area contributed by atoms with Crippen molar-refractivity contribution in [3.05, 3.63) is 32.7 Å². The molecule has 0 saturated heterocycles. The number of amides is 2. The van der Waals surface area contributed by atoms with Crippen LogP contribution >= 0.6 is 0 Å². The summed E-state index contributed by atoms with van der Waals surface area (Å²) in [7, 11) is 0. The summed E-state index contributed by atoms with van der Waals surface area (Å²) in [5, 5.41) is 2.68. The quantitative estimate of drug-likeness (QED) is 0.793. The van der Waals surface area contributed by atoms with E-state index in [9.17, 15) is 14.4 Å². The summed E-state index contributed by atoms with van der Waals surface area (Å²) < 4.78 is 1.38. The molecule has 0 fully saturated rings. The zero-order chi connectivity index (χ0) is 14.3. The van der Waals surface area contributed by atoms with Crippen molar-refractivity contribution in [3.8, 4) is 0 Å². The van der Waals surface area contributed by atoms with Gasteiger partial charge in [-0.25, -0.2) is 0 Å². The molecule has 6 heteroatoms. The fourth-order valence-corrected chi connectivity index (χ4v) is 2.58. The summed E-state index contributed by atoms with van der Waals surface area (Å²) in [5.41, 5.74) is 6.50. The van der Waals surface area contributed by atoms with Gasteiger partial charge < -0.3 is 15.6 Å². The number of hydrogen-bond acceptors (Lipinski definition) is 3. The number of rotatable bonds is 2. The van der Waals surface area contributed by atoms with Gasteiger partial charge in [0.25, 0.3) is 17.4 Å². The van der Waals surface area contributed by atoms with Crippen LogP contribution < -0.4 is 16.6 Å². The maximum absolute atomic E-state index is 12.3. The molecule has 0 unspecified atom stereocenters. The third kappa shape index (κ3) is 1.93. The molecule has 3 N–H and O–H groups in total. The summed E-state index contributed by atoms with van der Waals surface area (Å²) in [6, 6.07) is -0.191. The third-order valence-corrected chi connectivity index (χ3v) is 3.38. The van der Waals surface area contributed by atoms with Crippen LogP contribution in [0.4, 0.5) is 0 Å². The van der Waals surface area contributed by atoms with Crippen LogP contribution in [-0.4, -0.2) is 22.9 Å². The molecule has 0 saturated carbocycles. The number of nitrogens with two attached hydrogens (primary N) is 1. The minimum atomic E-state index is -0.670. The molecule has 2 amide bonds. The molecule has 1 aliphatic rings. The van der Waals surface area contributed by atoms with Gasteiger partial charge >= 0.3 is 0 Å². The van der Waals surface area contributed by atoms with Crippen molar-refractivity contribution in [3.63, 3.8) is 0 Å². The highest BCUT2D eigenvalue weighted by molar-refractivity contribution is 6.02. The molecule has 1 aromatic rings. The summed E-state index contributed by atoms with van der Waals surface area (Å²) in [6.07, 6.45) is 0.507. The second kappa shape index (κ2) is 4.53. The van der Waals surface area contributed by atoms with E-state index in [1.54, 1.807) is 6.92 Å². The second-order valence-corrected chi connectivity index (χ2v) is 4.97. The van der Waals surface area contributed by atoms with Crippen molar-refractivity contribution in [2.24, 2.45) is 5.73 Å². The maximum Gasteiger partial charge on any atom is 0.265 e. The molecule has 0 aromatic carbocycles. The first-order valence-electron chi connectivity index (χ1n) is 6.22. The largest absolute Gasteiger partial charge is 0.364 e. The smallest absolute Gasteiger partial charge is 0.265 e. The molecule has 1 aliphatic heterocycles. The molecule has 0 spiro atoms. The molecule has 0 radical (unpaired) electrons. The summed E-state index contributed by atoms with van der Waals surface area (Å²) in [4.78, 5) is 35.9. The lowest BCUT2D eigenvalue weighted by Gasteiger charge is -2.25. The van der Waals surface area contributed by atoms with E-state index in [-0.39, 0.29) is 23.2 Å². The van der Waals surface area contributed by atoms with Crippen LogP contribution in [0.25, 0.3) is 0 Å². The topological polar surface area (TPSA) is 94.2 Å². The van der Waals surface area contributed by atoms with E-state index >= 15 is 0 Å². The van der Waals surface area contributed by atoms with E-state index in [4.69, 9.17) is 5.73 Å². The Bertz CT molecular complexity index is 629. The zero-order valence-corrected chi connectivity index (χ0v) is 11.2. The number of nitrogens with one attached hydrogen (secondary N) is 1. The van der Waals surface area contributed by atoms with Gasteiger partial charge in [0.1, 0.15) is 5.69 Å². The first-order valence-corrected chi connectivity index (χ1v) is 6.22. The number of pyridine rings is 1. The number of nitrogens with zero attached hydrogens (tertiary/aromatic N) is 1. The van der Waals surface area contributed by atoms with E-state index < -0.39 is 5.91 Å². The van der Waals surface area contributed by atoms with Gasteiger partial charge in [-0.1, -0.05) is 0 Å². The molecule has 2 rings (SSSR count). The van der Waals surface area contributed by atoms with Gasteiger partial charge in [0, 0.05) is 18.2 Å². The van der Waals surface area contributed by atoms with Crippen LogP contribution in [0.1, 0.15) is 51.9 Å². The molecule has 0 aliphatic carbocycles. The second-order valence-electron chi connectivity index (χ2n) is 4.97. The Balaban J connectivity index is 2.94. The number of fused-ring (bicyclic) bond motifs is 1. The average Bonchev–Trinajstić information content (AvgIpc) is 2.32. The van der Waals surface area contributed by atoms with Gasteiger partial charge in [0.15, 0.2) is 0 Å². The predicted molar refractivity (Wildman–Crippen MR) is 70.4 cm³/mol. The van der Waals surface area contributed by atoms with Crippen molar-refractivity contribution < 1.29 is 9.59 Å². The Hall–Kier alpha value is -2.11. The van der Waals surface area contributed by atoms with Crippen LogP contribution in [0, 0.1) is 6.92 Å². The van der Waals surface area contributed by atoms with Crippen molar-refractivity contribution in [1.29, 1.82) is 0 Å². The monoisotopic (exact) mass is 263 g/mol. The zero-order valence-electron chi connectivity index (χ0n) is 11.2. The lowest BCUT2D eigenvalue weighted by atomic mass is 9.94. The van der Waals surface area contributed by atoms with E-state index in [2.05, 4.69) is 5.32 Å². The highest BCUT2D eigenvalue weighted by Crippen LogP contribution is 2.22. The summed E-state index contributed by atoms with van der Waals surface area (Å²) >= 11 is 0. The van der Waals surface area contributed by atoms with Gasteiger partial charge in [-0.3, -0.25) is 14.4 Å². The first-order chi connectivity index (χ1) is 8.86. The average molecular weight is 263 g/mol. The molecule has 6 nitrogen and oxygen atoms in total. The fourth-order valence-electron chi connectivity index (χ4n) is 2.58. The number of hydrogen-bond donors (Lipinski definition) is 2. The lowest BCUT2D eigenvalue weighted by molar-refractivity contribution is 0.0943. The minimum absolute atomic E-state index is 0.162. The Morgan fingerprint density at radius 3 is 2.53 bits per heavy atom. The van der Waals surface area contributed by atoms with Crippen molar-refractivity contribution >= 4 is 11.8 Å². The number of aromatic nitrogens is 1. The maximum atomic E-state index is 12.3. The molecule has 0 bridgehead atoms. The molecular formula is C13H17N3O3. The molecule has 102 valence electrons. The SMILES string of the molecule is Cc1c2c(c(C(N)=O)n(C(C)C)c1=O)CCNC2=O. The molecular weight excluding hydrogens is 246 g/mol. The van der Waals surface area contributed by atoms with Gasteiger partial charge in [0.2, 0.25) is 0 Å². The van der Waals surface area contributed by atoms with E-state index in [1.807, 2.05) is 13.8 Å². The lowest BCUT2D eigenvalue weighted by Crippen LogP contribution is -2.41. The fraction of sp³-hybridized carbons (Fsp3) is 0.462.